The maximum Gasteiger partial charge on any atom is 0.340 e. The molecule has 1 aliphatic heterocycles. The van der Waals surface area contributed by atoms with Gasteiger partial charge in [-0.15, -0.1) is 0 Å². The van der Waals surface area contributed by atoms with Crippen LogP contribution < -0.4 is 10.6 Å². The van der Waals surface area contributed by atoms with Crippen LogP contribution in [0.2, 0.25) is 0 Å². The van der Waals surface area contributed by atoms with Crippen LogP contribution in [0.5, 0.6) is 0 Å². The van der Waals surface area contributed by atoms with E-state index in [0.29, 0.717) is 17.7 Å². The highest BCUT2D eigenvalue weighted by Gasteiger charge is 2.22. The number of benzene rings is 3. The first-order valence-electron chi connectivity index (χ1n) is 11.0. The predicted octanol–water partition coefficient (Wildman–Crippen LogP) is 5.56. The van der Waals surface area contributed by atoms with Crippen molar-refractivity contribution in [3.05, 3.63) is 94.5 Å². The second-order valence-electron chi connectivity index (χ2n) is 9.10. The van der Waals surface area contributed by atoms with Crippen molar-refractivity contribution in [1.29, 1.82) is 0 Å². The SMILES string of the molecule is CC(C)(C)OC(=O)c1ccc(C=Cc2ccc3c(c2)NC(=O)C3)cc1NC(=O)c1ccccc1. The van der Waals surface area contributed by atoms with Gasteiger partial charge in [0.15, 0.2) is 0 Å². The highest BCUT2D eigenvalue weighted by molar-refractivity contribution is 6.08. The molecule has 0 aromatic heterocycles. The number of anilines is 2. The highest BCUT2D eigenvalue weighted by atomic mass is 16.6. The Kier molecular flexibility index (Phi) is 6.32. The number of carbonyl (C=O) groups is 3. The summed E-state index contributed by atoms with van der Waals surface area (Å²) in [5, 5.41) is 5.70. The smallest absolute Gasteiger partial charge is 0.340 e. The van der Waals surface area contributed by atoms with Crippen LogP contribution in [0.1, 0.15) is 58.2 Å². The van der Waals surface area contributed by atoms with Crippen molar-refractivity contribution in [2.45, 2.75) is 32.8 Å². The average Bonchev–Trinajstić information content (AvgIpc) is 3.16. The van der Waals surface area contributed by atoms with E-state index < -0.39 is 11.6 Å². The predicted molar refractivity (Wildman–Crippen MR) is 134 cm³/mol. The number of hydrogen-bond acceptors (Lipinski definition) is 4. The summed E-state index contributed by atoms with van der Waals surface area (Å²) in [7, 11) is 0. The molecule has 0 atom stereocenters. The standard InChI is InChI=1S/C28H26N2O4/c1-28(2,3)34-27(33)22-14-12-19(16-24(22)30-26(32)20-7-5-4-6-8-20)10-9-18-11-13-21-17-25(31)29-23(21)15-18/h4-16H,17H2,1-3H3,(H,29,31)(H,30,32). The van der Waals surface area contributed by atoms with E-state index in [4.69, 9.17) is 4.74 Å². The van der Waals surface area contributed by atoms with E-state index in [9.17, 15) is 14.4 Å². The monoisotopic (exact) mass is 454 g/mol. The summed E-state index contributed by atoms with van der Waals surface area (Å²) in [5.74, 6) is -0.839. The van der Waals surface area contributed by atoms with Gasteiger partial charge in [-0.05, 0) is 67.8 Å². The molecular formula is C28H26N2O4. The third kappa shape index (κ3) is 5.59. The van der Waals surface area contributed by atoms with Crippen LogP contribution >= 0.6 is 0 Å². The molecule has 3 aromatic carbocycles. The van der Waals surface area contributed by atoms with Gasteiger partial charge >= 0.3 is 5.97 Å². The molecule has 4 rings (SSSR count). The van der Waals surface area contributed by atoms with Crippen LogP contribution in [0.4, 0.5) is 11.4 Å². The largest absolute Gasteiger partial charge is 0.456 e. The molecule has 34 heavy (non-hydrogen) atoms. The molecule has 1 heterocycles. The van der Waals surface area contributed by atoms with Gasteiger partial charge < -0.3 is 15.4 Å². The molecule has 0 bridgehead atoms. The Labute approximate surface area is 198 Å². The molecule has 3 aromatic rings. The van der Waals surface area contributed by atoms with E-state index in [2.05, 4.69) is 10.6 Å². The quantitative estimate of drug-likeness (QED) is 0.391. The fourth-order valence-corrected chi connectivity index (χ4v) is 3.59. The summed E-state index contributed by atoms with van der Waals surface area (Å²) in [4.78, 5) is 37.2. The lowest BCUT2D eigenvalue weighted by atomic mass is 10.0. The first-order chi connectivity index (χ1) is 16.2. The third-order valence-corrected chi connectivity index (χ3v) is 5.17. The van der Waals surface area contributed by atoms with Gasteiger partial charge in [-0.1, -0.05) is 48.6 Å². The number of hydrogen-bond donors (Lipinski definition) is 2. The van der Waals surface area contributed by atoms with Crippen LogP contribution in [-0.2, 0) is 16.0 Å². The molecular weight excluding hydrogens is 428 g/mol. The molecule has 2 amide bonds. The lowest BCUT2D eigenvalue weighted by Crippen LogP contribution is -2.25. The number of esters is 1. The zero-order valence-corrected chi connectivity index (χ0v) is 19.3. The molecule has 6 nitrogen and oxygen atoms in total. The normalized spacial score (nSPS) is 12.9. The van der Waals surface area contributed by atoms with Crippen molar-refractivity contribution in [3.8, 4) is 0 Å². The van der Waals surface area contributed by atoms with Crippen LogP contribution in [0.3, 0.4) is 0 Å². The van der Waals surface area contributed by atoms with E-state index in [1.54, 1.807) is 63.2 Å². The van der Waals surface area contributed by atoms with E-state index in [1.165, 1.54) is 0 Å². The van der Waals surface area contributed by atoms with Gasteiger partial charge in [-0.3, -0.25) is 9.59 Å². The molecule has 1 aliphatic rings. The number of amides is 2. The lowest BCUT2D eigenvalue weighted by molar-refractivity contribution is -0.115. The Morgan fingerprint density at radius 2 is 1.62 bits per heavy atom. The summed E-state index contributed by atoms with van der Waals surface area (Å²) in [5.41, 5.74) is 3.98. The van der Waals surface area contributed by atoms with Gasteiger partial charge in [0.25, 0.3) is 5.91 Å². The first kappa shape index (κ1) is 23.0. The number of nitrogens with one attached hydrogen (secondary N) is 2. The molecule has 172 valence electrons. The van der Waals surface area contributed by atoms with Gasteiger partial charge in [0.1, 0.15) is 5.60 Å². The van der Waals surface area contributed by atoms with Crippen molar-refractivity contribution in [1.82, 2.24) is 0 Å². The number of ether oxygens (including phenoxy) is 1. The average molecular weight is 455 g/mol. The second-order valence-corrected chi connectivity index (χ2v) is 9.10. The minimum absolute atomic E-state index is 0.00680. The first-order valence-corrected chi connectivity index (χ1v) is 11.0. The Balaban J connectivity index is 1.62. The summed E-state index contributed by atoms with van der Waals surface area (Å²) >= 11 is 0. The van der Waals surface area contributed by atoms with Gasteiger partial charge in [-0.25, -0.2) is 4.79 Å². The summed E-state index contributed by atoms with van der Waals surface area (Å²) < 4.78 is 5.53. The lowest BCUT2D eigenvalue weighted by Gasteiger charge is -2.21. The minimum Gasteiger partial charge on any atom is -0.456 e. The van der Waals surface area contributed by atoms with Crippen molar-refractivity contribution >= 4 is 41.3 Å². The molecule has 0 spiro atoms. The summed E-state index contributed by atoms with van der Waals surface area (Å²) in [6.07, 6.45) is 4.20. The molecule has 0 radical (unpaired) electrons. The number of rotatable bonds is 5. The highest BCUT2D eigenvalue weighted by Crippen LogP contribution is 2.26. The van der Waals surface area contributed by atoms with Crippen LogP contribution in [0.15, 0.2) is 66.7 Å². The van der Waals surface area contributed by atoms with Crippen molar-refractivity contribution in [2.75, 3.05) is 10.6 Å². The van der Waals surface area contributed by atoms with Gasteiger partial charge in [0.05, 0.1) is 17.7 Å². The molecule has 0 unspecified atom stereocenters. The van der Waals surface area contributed by atoms with Crippen LogP contribution in [0, 0.1) is 0 Å². The Morgan fingerprint density at radius 1 is 0.941 bits per heavy atom. The summed E-state index contributed by atoms with van der Waals surface area (Å²) in [6, 6.07) is 19.8. The number of carbonyl (C=O) groups excluding carboxylic acids is 3. The Hall–Kier alpha value is -4.19. The fourth-order valence-electron chi connectivity index (χ4n) is 3.59. The van der Waals surface area contributed by atoms with Crippen LogP contribution in [0.25, 0.3) is 12.2 Å². The van der Waals surface area contributed by atoms with E-state index >= 15 is 0 Å². The van der Waals surface area contributed by atoms with Crippen molar-refractivity contribution < 1.29 is 19.1 Å². The van der Waals surface area contributed by atoms with Crippen molar-refractivity contribution in [2.24, 2.45) is 0 Å². The van der Waals surface area contributed by atoms with E-state index in [1.807, 2.05) is 36.4 Å². The Bertz CT molecular complexity index is 1290. The molecule has 0 saturated heterocycles. The molecule has 6 heteroatoms. The zero-order chi connectivity index (χ0) is 24.3. The topological polar surface area (TPSA) is 84.5 Å². The van der Waals surface area contributed by atoms with Gasteiger partial charge in [-0.2, -0.15) is 0 Å². The van der Waals surface area contributed by atoms with Crippen molar-refractivity contribution in [3.63, 3.8) is 0 Å². The molecule has 2 N–H and O–H groups in total. The van der Waals surface area contributed by atoms with Gasteiger partial charge in [0.2, 0.25) is 5.91 Å². The van der Waals surface area contributed by atoms with Crippen LogP contribution in [-0.4, -0.2) is 23.4 Å². The van der Waals surface area contributed by atoms with E-state index in [-0.39, 0.29) is 17.4 Å². The third-order valence-electron chi connectivity index (χ3n) is 5.17. The van der Waals surface area contributed by atoms with Gasteiger partial charge in [0, 0.05) is 11.3 Å². The van der Waals surface area contributed by atoms with E-state index in [0.717, 1.165) is 22.4 Å². The summed E-state index contributed by atoms with van der Waals surface area (Å²) in [6.45, 7) is 5.38. The minimum atomic E-state index is -0.667. The second kappa shape index (κ2) is 9.35. The molecule has 0 aliphatic carbocycles. The zero-order valence-electron chi connectivity index (χ0n) is 19.3. The Morgan fingerprint density at radius 3 is 2.32 bits per heavy atom. The fraction of sp³-hybridized carbons (Fsp3) is 0.179. The molecule has 0 fully saturated rings. The number of fused-ring (bicyclic) bond motifs is 1. The molecule has 0 saturated carbocycles. The maximum atomic E-state index is 12.8. The maximum absolute atomic E-state index is 12.8.